The molecule has 1 aliphatic carbocycles. The summed E-state index contributed by atoms with van der Waals surface area (Å²) in [6.45, 7) is 0. The van der Waals surface area contributed by atoms with E-state index in [0.717, 1.165) is 31.2 Å². The van der Waals surface area contributed by atoms with E-state index in [-0.39, 0.29) is 0 Å². The molecular formula is C13H17O. The fraction of sp³-hybridized carbons (Fsp3) is 0.462. The molecule has 1 radical (unpaired) electrons. The van der Waals surface area contributed by atoms with E-state index in [4.69, 9.17) is 0 Å². The Hall–Kier alpha value is -0.820. The Morgan fingerprint density at radius 2 is 1.64 bits per heavy atom. The minimum absolute atomic E-state index is 0.542. The molecule has 0 amide bonds. The van der Waals surface area contributed by atoms with Crippen molar-refractivity contribution in [2.45, 2.75) is 37.7 Å². The molecule has 0 atom stereocenters. The zero-order chi connectivity index (χ0) is 9.86. The van der Waals surface area contributed by atoms with Crippen LogP contribution in [-0.4, -0.2) is 10.7 Å². The van der Waals surface area contributed by atoms with Crippen LogP contribution in [0.15, 0.2) is 30.3 Å². The third-order valence-corrected chi connectivity index (χ3v) is 2.95. The summed E-state index contributed by atoms with van der Waals surface area (Å²) in [5, 5.41) is 10.3. The molecule has 14 heavy (non-hydrogen) atoms. The standard InChI is InChI=1S/C13H17O/c14-13(9-5-2-6-10-13)11-12-7-3-1-4-8-12/h1,3-4,7-8,11,14H,2,5-6,9-10H2. The van der Waals surface area contributed by atoms with Gasteiger partial charge >= 0.3 is 0 Å². The van der Waals surface area contributed by atoms with Crippen molar-refractivity contribution in [3.05, 3.63) is 42.3 Å². The van der Waals surface area contributed by atoms with Gasteiger partial charge in [0.1, 0.15) is 0 Å². The number of hydrogen-bond acceptors (Lipinski definition) is 1. The molecule has 0 bridgehead atoms. The van der Waals surface area contributed by atoms with Crippen molar-refractivity contribution in [3.63, 3.8) is 0 Å². The van der Waals surface area contributed by atoms with Crippen LogP contribution in [0, 0.1) is 6.42 Å². The van der Waals surface area contributed by atoms with Crippen LogP contribution in [0.1, 0.15) is 37.7 Å². The molecule has 0 aliphatic heterocycles. The summed E-state index contributed by atoms with van der Waals surface area (Å²) >= 11 is 0. The molecule has 0 aromatic heterocycles. The Balaban J connectivity index is 2.02. The van der Waals surface area contributed by atoms with Gasteiger partial charge in [-0.15, -0.1) is 0 Å². The third-order valence-electron chi connectivity index (χ3n) is 2.95. The molecule has 1 heteroatoms. The van der Waals surface area contributed by atoms with Crippen LogP contribution in [0.3, 0.4) is 0 Å². The lowest BCUT2D eigenvalue weighted by molar-refractivity contribution is 0.0386. The molecule has 1 aromatic rings. The van der Waals surface area contributed by atoms with E-state index in [1.807, 2.05) is 36.8 Å². The Morgan fingerprint density at radius 3 is 2.29 bits per heavy atom. The first-order valence-electron chi connectivity index (χ1n) is 5.42. The van der Waals surface area contributed by atoms with Gasteiger partial charge in [-0.1, -0.05) is 49.6 Å². The SMILES string of the molecule is OC1([CH]c2ccccc2)CCCCC1. The number of hydrogen-bond donors (Lipinski definition) is 1. The fourth-order valence-electron chi connectivity index (χ4n) is 2.17. The Morgan fingerprint density at radius 1 is 1.00 bits per heavy atom. The van der Waals surface area contributed by atoms with Crippen molar-refractivity contribution in [3.8, 4) is 0 Å². The summed E-state index contributed by atoms with van der Waals surface area (Å²) < 4.78 is 0. The molecule has 2 rings (SSSR count). The third kappa shape index (κ3) is 2.36. The van der Waals surface area contributed by atoms with Crippen LogP contribution >= 0.6 is 0 Å². The zero-order valence-corrected chi connectivity index (χ0v) is 8.45. The van der Waals surface area contributed by atoms with Gasteiger partial charge in [0.15, 0.2) is 0 Å². The molecule has 1 fully saturated rings. The first-order valence-corrected chi connectivity index (χ1v) is 5.42. The first-order chi connectivity index (χ1) is 6.79. The van der Waals surface area contributed by atoms with Crippen LogP contribution in [0.5, 0.6) is 0 Å². The maximum atomic E-state index is 10.3. The molecule has 1 aromatic carbocycles. The summed E-state index contributed by atoms with van der Waals surface area (Å²) in [6.07, 6.45) is 7.43. The lowest BCUT2D eigenvalue weighted by atomic mass is 9.80. The normalized spacial score (nSPS) is 20.6. The zero-order valence-electron chi connectivity index (χ0n) is 8.45. The summed E-state index contributed by atoms with van der Waals surface area (Å²) in [5.74, 6) is 0. The van der Waals surface area contributed by atoms with Crippen LogP contribution in [0.4, 0.5) is 0 Å². The molecule has 1 saturated carbocycles. The van der Waals surface area contributed by atoms with E-state index in [0.29, 0.717) is 0 Å². The molecular weight excluding hydrogens is 172 g/mol. The lowest BCUT2D eigenvalue weighted by Gasteiger charge is -2.31. The molecule has 0 heterocycles. The van der Waals surface area contributed by atoms with Crippen molar-refractivity contribution in [1.29, 1.82) is 0 Å². The highest BCUT2D eigenvalue weighted by Gasteiger charge is 2.29. The topological polar surface area (TPSA) is 20.2 Å². The van der Waals surface area contributed by atoms with Crippen molar-refractivity contribution in [1.82, 2.24) is 0 Å². The average Bonchev–Trinajstić information content (AvgIpc) is 2.19. The van der Waals surface area contributed by atoms with Gasteiger partial charge in [-0.2, -0.15) is 0 Å². The Kier molecular flexibility index (Phi) is 2.87. The van der Waals surface area contributed by atoms with Gasteiger partial charge < -0.3 is 5.11 Å². The number of aliphatic hydroxyl groups is 1. The van der Waals surface area contributed by atoms with E-state index in [9.17, 15) is 5.11 Å². The highest BCUT2D eigenvalue weighted by molar-refractivity contribution is 5.26. The van der Waals surface area contributed by atoms with E-state index >= 15 is 0 Å². The summed E-state index contributed by atoms with van der Waals surface area (Å²) in [6, 6.07) is 10.1. The van der Waals surface area contributed by atoms with E-state index in [2.05, 4.69) is 0 Å². The number of rotatable bonds is 2. The van der Waals surface area contributed by atoms with Gasteiger partial charge in [-0.25, -0.2) is 0 Å². The Labute approximate surface area is 85.8 Å². The monoisotopic (exact) mass is 189 g/mol. The van der Waals surface area contributed by atoms with Crippen molar-refractivity contribution in [2.75, 3.05) is 0 Å². The highest BCUT2D eigenvalue weighted by atomic mass is 16.3. The summed E-state index contributed by atoms with van der Waals surface area (Å²) in [4.78, 5) is 0. The van der Waals surface area contributed by atoms with Gasteiger partial charge in [0.25, 0.3) is 0 Å². The van der Waals surface area contributed by atoms with E-state index in [1.54, 1.807) is 0 Å². The Bertz CT molecular complexity index is 273. The number of benzene rings is 1. The second kappa shape index (κ2) is 4.14. The van der Waals surface area contributed by atoms with E-state index in [1.165, 1.54) is 6.42 Å². The van der Waals surface area contributed by atoms with E-state index < -0.39 is 5.60 Å². The van der Waals surface area contributed by atoms with Crippen molar-refractivity contribution in [2.24, 2.45) is 0 Å². The lowest BCUT2D eigenvalue weighted by Crippen LogP contribution is -2.32. The maximum Gasteiger partial charge on any atom is 0.0723 e. The van der Waals surface area contributed by atoms with Gasteiger partial charge in [-0.3, -0.25) is 0 Å². The smallest absolute Gasteiger partial charge is 0.0723 e. The molecule has 1 aliphatic rings. The summed E-state index contributed by atoms with van der Waals surface area (Å²) in [5.41, 5.74) is 0.594. The molecule has 1 N–H and O–H groups in total. The summed E-state index contributed by atoms with van der Waals surface area (Å²) in [7, 11) is 0. The predicted molar refractivity (Wildman–Crippen MR) is 57.9 cm³/mol. The highest BCUT2D eigenvalue weighted by Crippen LogP contribution is 2.32. The molecule has 75 valence electrons. The van der Waals surface area contributed by atoms with Crippen molar-refractivity contribution >= 4 is 0 Å². The second-order valence-electron chi connectivity index (χ2n) is 4.22. The second-order valence-corrected chi connectivity index (χ2v) is 4.22. The van der Waals surface area contributed by atoms with Crippen LogP contribution in [-0.2, 0) is 0 Å². The molecule has 0 saturated heterocycles. The van der Waals surface area contributed by atoms with Gasteiger partial charge in [-0.05, 0) is 18.4 Å². The molecule has 0 spiro atoms. The molecule has 0 unspecified atom stereocenters. The molecule has 1 nitrogen and oxygen atoms in total. The predicted octanol–water partition coefficient (Wildman–Crippen LogP) is 2.93. The fourth-order valence-corrected chi connectivity index (χ4v) is 2.17. The van der Waals surface area contributed by atoms with Crippen LogP contribution in [0.25, 0.3) is 0 Å². The minimum Gasteiger partial charge on any atom is -0.389 e. The largest absolute Gasteiger partial charge is 0.389 e. The van der Waals surface area contributed by atoms with Crippen LogP contribution < -0.4 is 0 Å². The minimum atomic E-state index is -0.542. The van der Waals surface area contributed by atoms with Gasteiger partial charge in [0, 0.05) is 6.42 Å². The van der Waals surface area contributed by atoms with Crippen molar-refractivity contribution < 1.29 is 5.11 Å². The van der Waals surface area contributed by atoms with Gasteiger partial charge in [0.2, 0.25) is 0 Å². The van der Waals surface area contributed by atoms with Crippen LogP contribution in [0.2, 0.25) is 0 Å². The first kappa shape index (κ1) is 9.72. The average molecular weight is 189 g/mol. The van der Waals surface area contributed by atoms with Gasteiger partial charge in [0.05, 0.1) is 5.60 Å². The maximum absolute atomic E-state index is 10.3. The quantitative estimate of drug-likeness (QED) is 0.758.